The lowest BCUT2D eigenvalue weighted by molar-refractivity contribution is 0.318. The normalized spacial score (nSPS) is 11.9. The third kappa shape index (κ3) is 4.13. The van der Waals surface area contributed by atoms with Crippen LogP contribution in [0.25, 0.3) is 0 Å². The molecule has 0 aromatic heterocycles. The quantitative estimate of drug-likeness (QED) is 0.343. The van der Waals surface area contributed by atoms with E-state index in [1.165, 1.54) is 0 Å². The summed E-state index contributed by atoms with van der Waals surface area (Å²) in [6, 6.07) is 5.89. The van der Waals surface area contributed by atoms with E-state index in [0.717, 1.165) is 41.7 Å². The van der Waals surface area contributed by atoms with E-state index in [-0.39, 0.29) is 5.84 Å². The maximum atomic E-state index is 8.96. The number of anilines is 1. The molecule has 0 aliphatic heterocycles. The van der Waals surface area contributed by atoms with Gasteiger partial charge in [0.25, 0.3) is 0 Å². The van der Waals surface area contributed by atoms with Crippen LogP contribution in [-0.2, 0) is 0 Å². The predicted molar refractivity (Wildman–Crippen MR) is 88.6 cm³/mol. The molecule has 20 heavy (non-hydrogen) atoms. The molecule has 0 amide bonds. The first kappa shape index (κ1) is 16.8. The summed E-state index contributed by atoms with van der Waals surface area (Å²) in [5.41, 5.74) is 7.58. The third-order valence-corrected chi connectivity index (χ3v) is 4.19. The molecule has 3 N–H and O–H groups in total. The van der Waals surface area contributed by atoms with Crippen LogP contribution in [0, 0.1) is 5.92 Å². The van der Waals surface area contributed by atoms with Crippen molar-refractivity contribution in [2.45, 2.75) is 33.6 Å². The standard InChI is InChI=1S/C15H24BrN3O/c1-4-11(5-2)10-19(6-3)14-8-7-12(16)9-13(14)15(17)18-20/h7-9,11,20H,4-6,10H2,1-3H3,(H2,17,18). The molecule has 1 aromatic rings. The average Bonchev–Trinajstić information content (AvgIpc) is 2.48. The molecule has 0 bridgehead atoms. The molecule has 0 atom stereocenters. The molecule has 5 heteroatoms. The summed E-state index contributed by atoms with van der Waals surface area (Å²) in [6.45, 7) is 8.43. The molecule has 4 nitrogen and oxygen atoms in total. The molecule has 0 fully saturated rings. The highest BCUT2D eigenvalue weighted by molar-refractivity contribution is 9.10. The molecule has 0 spiro atoms. The van der Waals surface area contributed by atoms with Crippen LogP contribution in [0.1, 0.15) is 39.2 Å². The lowest BCUT2D eigenvalue weighted by atomic mass is 10.0. The number of rotatable bonds is 7. The van der Waals surface area contributed by atoms with E-state index in [9.17, 15) is 0 Å². The van der Waals surface area contributed by atoms with E-state index >= 15 is 0 Å². The predicted octanol–water partition coefficient (Wildman–Crippen LogP) is 3.81. The molecule has 0 aliphatic rings. The summed E-state index contributed by atoms with van der Waals surface area (Å²) >= 11 is 3.43. The first-order valence-corrected chi connectivity index (χ1v) is 7.88. The van der Waals surface area contributed by atoms with Crippen molar-refractivity contribution in [2.75, 3.05) is 18.0 Å². The van der Waals surface area contributed by atoms with E-state index in [0.29, 0.717) is 5.92 Å². The maximum absolute atomic E-state index is 8.96. The number of nitrogens with zero attached hydrogens (tertiary/aromatic N) is 2. The van der Waals surface area contributed by atoms with Gasteiger partial charge in [0.2, 0.25) is 0 Å². The van der Waals surface area contributed by atoms with Gasteiger partial charge in [0.1, 0.15) is 0 Å². The zero-order valence-corrected chi connectivity index (χ0v) is 14.0. The highest BCUT2D eigenvalue weighted by atomic mass is 79.9. The Kier molecular flexibility index (Phi) is 6.85. The highest BCUT2D eigenvalue weighted by Gasteiger charge is 2.16. The second-order valence-electron chi connectivity index (χ2n) is 4.87. The van der Waals surface area contributed by atoms with Crippen molar-refractivity contribution in [3.63, 3.8) is 0 Å². The smallest absolute Gasteiger partial charge is 0.172 e. The summed E-state index contributed by atoms with van der Waals surface area (Å²) in [7, 11) is 0. The van der Waals surface area contributed by atoms with Gasteiger partial charge < -0.3 is 15.8 Å². The van der Waals surface area contributed by atoms with Crippen LogP contribution in [0.2, 0.25) is 0 Å². The Morgan fingerprint density at radius 1 is 1.35 bits per heavy atom. The number of halogens is 1. The van der Waals surface area contributed by atoms with Crippen molar-refractivity contribution < 1.29 is 5.21 Å². The molecule has 0 radical (unpaired) electrons. The Bertz CT molecular complexity index is 458. The lowest BCUT2D eigenvalue weighted by Crippen LogP contribution is -2.31. The van der Waals surface area contributed by atoms with Gasteiger partial charge in [0.05, 0.1) is 0 Å². The highest BCUT2D eigenvalue weighted by Crippen LogP contribution is 2.26. The van der Waals surface area contributed by atoms with Crippen molar-refractivity contribution in [3.05, 3.63) is 28.2 Å². The topological polar surface area (TPSA) is 61.8 Å². The summed E-state index contributed by atoms with van der Waals surface area (Å²) in [6.07, 6.45) is 2.31. The van der Waals surface area contributed by atoms with Crippen LogP contribution in [0.5, 0.6) is 0 Å². The molecule has 1 rings (SSSR count). The SMILES string of the molecule is CCC(CC)CN(CC)c1ccc(Br)cc1/C(N)=N/O. The molecular formula is C15H24BrN3O. The van der Waals surface area contributed by atoms with Gasteiger partial charge in [-0.05, 0) is 31.0 Å². The van der Waals surface area contributed by atoms with E-state index in [1.807, 2.05) is 18.2 Å². The Labute approximate surface area is 129 Å². The largest absolute Gasteiger partial charge is 0.409 e. The first-order chi connectivity index (χ1) is 9.57. The number of nitrogens with two attached hydrogens (primary N) is 1. The Morgan fingerprint density at radius 2 is 2.00 bits per heavy atom. The minimum atomic E-state index is 0.143. The van der Waals surface area contributed by atoms with E-state index in [2.05, 4.69) is 46.8 Å². The number of benzene rings is 1. The average molecular weight is 342 g/mol. The van der Waals surface area contributed by atoms with Crippen LogP contribution in [0.15, 0.2) is 27.8 Å². The molecule has 0 saturated heterocycles. The maximum Gasteiger partial charge on any atom is 0.172 e. The van der Waals surface area contributed by atoms with E-state index in [1.54, 1.807) is 0 Å². The first-order valence-electron chi connectivity index (χ1n) is 7.09. The molecule has 1 aromatic carbocycles. The number of amidine groups is 1. The third-order valence-electron chi connectivity index (χ3n) is 3.70. The van der Waals surface area contributed by atoms with Crippen molar-refractivity contribution in [1.29, 1.82) is 0 Å². The minimum Gasteiger partial charge on any atom is -0.409 e. The summed E-state index contributed by atoms with van der Waals surface area (Å²) < 4.78 is 0.918. The summed E-state index contributed by atoms with van der Waals surface area (Å²) in [5.74, 6) is 0.794. The number of hydrogen-bond acceptors (Lipinski definition) is 3. The zero-order valence-electron chi connectivity index (χ0n) is 12.4. The molecular weight excluding hydrogens is 318 g/mol. The Hall–Kier alpha value is -1.23. The van der Waals surface area contributed by atoms with Gasteiger partial charge >= 0.3 is 0 Å². The molecule has 0 heterocycles. The van der Waals surface area contributed by atoms with Crippen LogP contribution in [0.4, 0.5) is 5.69 Å². The van der Waals surface area contributed by atoms with Crippen molar-refractivity contribution in [3.8, 4) is 0 Å². The van der Waals surface area contributed by atoms with Gasteiger partial charge in [0, 0.05) is 28.8 Å². The van der Waals surface area contributed by atoms with Gasteiger partial charge in [-0.1, -0.05) is 47.8 Å². The summed E-state index contributed by atoms with van der Waals surface area (Å²) in [5, 5.41) is 12.1. The van der Waals surface area contributed by atoms with Gasteiger partial charge in [-0.2, -0.15) is 0 Å². The van der Waals surface area contributed by atoms with Crippen LogP contribution in [-0.4, -0.2) is 24.1 Å². The van der Waals surface area contributed by atoms with Crippen LogP contribution < -0.4 is 10.6 Å². The van der Waals surface area contributed by atoms with Crippen molar-refractivity contribution in [2.24, 2.45) is 16.8 Å². The van der Waals surface area contributed by atoms with Crippen molar-refractivity contribution >= 4 is 27.5 Å². The second kappa shape index (κ2) is 8.15. The fraction of sp³-hybridized carbons (Fsp3) is 0.533. The Morgan fingerprint density at radius 3 is 2.50 bits per heavy atom. The summed E-state index contributed by atoms with van der Waals surface area (Å²) in [4.78, 5) is 2.29. The molecule has 0 saturated carbocycles. The monoisotopic (exact) mass is 341 g/mol. The minimum absolute atomic E-state index is 0.143. The molecule has 0 aliphatic carbocycles. The zero-order chi connectivity index (χ0) is 15.1. The number of oxime groups is 1. The van der Waals surface area contributed by atoms with Gasteiger partial charge in [-0.3, -0.25) is 0 Å². The molecule has 0 unspecified atom stereocenters. The fourth-order valence-corrected chi connectivity index (χ4v) is 2.66. The van der Waals surface area contributed by atoms with Crippen molar-refractivity contribution in [1.82, 2.24) is 0 Å². The van der Waals surface area contributed by atoms with Gasteiger partial charge in [-0.25, -0.2) is 0 Å². The van der Waals surface area contributed by atoms with Crippen LogP contribution >= 0.6 is 15.9 Å². The van der Waals surface area contributed by atoms with Gasteiger partial charge in [-0.15, -0.1) is 0 Å². The second-order valence-corrected chi connectivity index (χ2v) is 5.78. The fourth-order valence-electron chi connectivity index (χ4n) is 2.30. The Balaban J connectivity index is 3.14. The lowest BCUT2D eigenvalue weighted by Gasteiger charge is -2.29. The van der Waals surface area contributed by atoms with Crippen LogP contribution in [0.3, 0.4) is 0 Å². The van der Waals surface area contributed by atoms with Gasteiger partial charge in [0.15, 0.2) is 5.84 Å². The van der Waals surface area contributed by atoms with E-state index < -0.39 is 0 Å². The van der Waals surface area contributed by atoms with E-state index in [4.69, 9.17) is 10.9 Å². The molecule has 112 valence electrons. The number of hydrogen-bond donors (Lipinski definition) is 2.